The van der Waals surface area contributed by atoms with Gasteiger partial charge in [0, 0.05) is 11.1 Å². The van der Waals surface area contributed by atoms with Gasteiger partial charge < -0.3 is 5.73 Å². The summed E-state index contributed by atoms with van der Waals surface area (Å²) in [5, 5.41) is 0. The molecule has 0 heterocycles. The van der Waals surface area contributed by atoms with Gasteiger partial charge in [0.2, 0.25) is 0 Å². The first-order valence-corrected chi connectivity index (χ1v) is 5.76. The normalized spacial score (nSPS) is 30.4. The molecule has 0 aromatic heterocycles. The molecule has 0 saturated heterocycles. The van der Waals surface area contributed by atoms with Crippen LogP contribution in [0, 0.1) is 17.6 Å². The van der Waals surface area contributed by atoms with Gasteiger partial charge in [-0.2, -0.15) is 0 Å². The lowest BCUT2D eigenvalue weighted by Gasteiger charge is -2.37. The molecule has 2 N–H and O–H groups in total. The van der Waals surface area contributed by atoms with Crippen molar-refractivity contribution in [3.63, 3.8) is 0 Å². The summed E-state index contributed by atoms with van der Waals surface area (Å²) in [6.07, 6.45) is 3.56. The first-order valence-electron chi connectivity index (χ1n) is 5.76. The summed E-state index contributed by atoms with van der Waals surface area (Å²) < 4.78 is 26.9. The molecule has 1 fully saturated rings. The average Bonchev–Trinajstić information content (AvgIpc) is 2.21. The van der Waals surface area contributed by atoms with E-state index in [9.17, 15) is 8.78 Å². The Morgan fingerprint density at radius 3 is 2.81 bits per heavy atom. The van der Waals surface area contributed by atoms with E-state index in [0.29, 0.717) is 11.5 Å². The van der Waals surface area contributed by atoms with E-state index in [1.807, 2.05) is 0 Å². The zero-order valence-corrected chi connectivity index (χ0v) is 9.47. The maximum atomic E-state index is 13.7. The van der Waals surface area contributed by atoms with Crippen molar-refractivity contribution in [1.29, 1.82) is 0 Å². The third-order valence-electron chi connectivity index (χ3n) is 3.52. The lowest BCUT2D eigenvalue weighted by Crippen LogP contribution is -2.41. The lowest BCUT2D eigenvalue weighted by atomic mass is 9.73. The molecular formula is C13H17F2N. The molecule has 1 aliphatic carbocycles. The number of hydrogen-bond acceptors (Lipinski definition) is 1. The van der Waals surface area contributed by atoms with Crippen LogP contribution in [0.4, 0.5) is 8.78 Å². The zero-order chi connectivity index (χ0) is 11.8. The largest absolute Gasteiger partial charge is 0.321 e. The van der Waals surface area contributed by atoms with E-state index in [4.69, 9.17) is 5.73 Å². The van der Waals surface area contributed by atoms with Crippen molar-refractivity contribution in [1.82, 2.24) is 0 Å². The number of hydrogen-bond donors (Lipinski definition) is 1. The fourth-order valence-electron chi connectivity index (χ4n) is 2.72. The molecule has 0 bridgehead atoms. The van der Waals surface area contributed by atoms with Crippen LogP contribution in [-0.2, 0) is 5.54 Å². The third kappa shape index (κ3) is 1.96. The van der Waals surface area contributed by atoms with E-state index < -0.39 is 17.2 Å². The summed E-state index contributed by atoms with van der Waals surface area (Å²) in [4.78, 5) is 0. The molecule has 0 amide bonds. The minimum absolute atomic E-state index is 0.332. The summed E-state index contributed by atoms with van der Waals surface area (Å²) >= 11 is 0. The van der Waals surface area contributed by atoms with Crippen molar-refractivity contribution in [3.05, 3.63) is 35.4 Å². The van der Waals surface area contributed by atoms with E-state index >= 15 is 0 Å². The van der Waals surface area contributed by atoms with E-state index in [-0.39, 0.29) is 0 Å². The molecule has 0 spiro atoms. The van der Waals surface area contributed by atoms with Gasteiger partial charge in [-0.1, -0.05) is 31.9 Å². The van der Waals surface area contributed by atoms with Crippen LogP contribution in [0.2, 0.25) is 0 Å². The van der Waals surface area contributed by atoms with Crippen molar-refractivity contribution >= 4 is 0 Å². The summed E-state index contributed by atoms with van der Waals surface area (Å²) in [5.41, 5.74) is 5.88. The first kappa shape index (κ1) is 11.5. The zero-order valence-electron chi connectivity index (χ0n) is 9.47. The van der Waals surface area contributed by atoms with Gasteiger partial charge in [0.05, 0.1) is 0 Å². The minimum Gasteiger partial charge on any atom is -0.321 e. The van der Waals surface area contributed by atoms with Crippen LogP contribution in [-0.4, -0.2) is 0 Å². The first-order chi connectivity index (χ1) is 7.53. The van der Waals surface area contributed by atoms with Crippen LogP contribution in [0.25, 0.3) is 0 Å². The smallest absolute Gasteiger partial charge is 0.163 e. The Hall–Kier alpha value is -0.960. The SMILES string of the molecule is CC1CCCC(N)(c2cccc(F)c2F)C1. The fourth-order valence-corrected chi connectivity index (χ4v) is 2.72. The van der Waals surface area contributed by atoms with Gasteiger partial charge in [-0.05, 0) is 24.8 Å². The average molecular weight is 225 g/mol. The quantitative estimate of drug-likeness (QED) is 0.779. The molecule has 0 radical (unpaired) electrons. The lowest BCUT2D eigenvalue weighted by molar-refractivity contribution is 0.231. The molecule has 16 heavy (non-hydrogen) atoms. The second-order valence-corrected chi connectivity index (χ2v) is 4.96. The van der Waals surface area contributed by atoms with Crippen molar-refractivity contribution in [3.8, 4) is 0 Å². The summed E-state index contributed by atoms with van der Waals surface area (Å²) in [6.45, 7) is 2.11. The number of halogens is 2. The Morgan fingerprint density at radius 2 is 2.12 bits per heavy atom. The maximum Gasteiger partial charge on any atom is 0.163 e. The molecule has 2 rings (SSSR count). The van der Waals surface area contributed by atoms with E-state index in [0.717, 1.165) is 31.7 Å². The molecule has 2 atom stereocenters. The molecule has 2 unspecified atom stereocenters. The van der Waals surface area contributed by atoms with Crippen LogP contribution in [0.5, 0.6) is 0 Å². The Labute approximate surface area is 94.7 Å². The monoisotopic (exact) mass is 225 g/mol. The molecule has 1 aliphatic rings. The number of benzene rings is 1. The standard InChI is InChI=1S/C13H17F2N/c1-9-4-3-7-13(16,8-9)10-5-2-6-11(14)12(10)15/h2,5-6,9H,3-4,7-8,16H2,1H3. The molecule has 3 heteroatoms. The van der Waals surface area contributed by atoms with Crippen molar-refractivity contribution in [2.45, 2.75) is 38.1 Å². The van der Waals surface area contributed by atoms with Crippen molar-refractivity contribution in [2.75, 3.05) is 0 Å². The molecule has 1 nitrogen and oxygen atoms in total. The van der Waals surface area contributed by atoms with Gasteiger partial charge in [0.25, 0.3) is 0 Å². The molecule has 1 saturated carbocycles. The second-order valence-electron chi connectivity index (χ2n) is 4.96. The third-order valence-corrected chi connectivity index (χ3v) is 3.52. The molecular weight excluding hydrogens is 208 g/mol. The van der Waals surface area contributed by atoms with Gasteiger partial charge in [-0.15, -0.1) is 0 Å². The highest BCUT2D eigenvalue weighted by Crippen LogP contribution is 2.39. The Kier molecular flexibility index (Phi) is 2.98. The maximum absolute atomic E-state index is 13.7. The highest BCUT2D eigenvalue weighted by atomic mass is 19.2. The Morgan fingerprint density at radius 1 is 1.38 bits per heavy atom. The van der Waals surface area contributed by atoms with Crippen molar-refractivity contribution in [2.24, 2.45) is 11.7 Å². The minimum atomic E-state index is -0.805. The molecule has 1 aromatic rings. The van der Waals surface area contributed by atoms with Gasteiger partial charge in [-0.3, -0.25) is 0 Å². The topological polar surface area (TPSA) is 26.0 Å². The predicted molar refractivity (Wildman–Crippen MR) is 59.9 cm³/mol. The predicted octanol–water partition coefficient (Wildman–Crippen LogP) is 3.33. The van der Waals surface area contributed by atoms with Crippen molar-refractivity contribution < 1.29 is 8.78 Å². The fraction of sp³-hybridized carbons (Fsp3) is 0.538. The van der Waals surface area contributed by atoms with Crippen LogP contribution in [0.3, 0.4) is 0 Å². The van der Waals surface area contributed by atoms with Gasteiger partial charge in [0.1, 0.15) is 0 Å². The molecule has 88 valence electrons. The van der Waals surface area contributed by atoms with E-state index in [1.165, 1.54) is 6.07 Å². The van der Waals surface area contributed by atoms with Crippen LogP contribution in [0.15, 0.2) is 18.2 Å². The van der Waals surface area contributed by atoms with Crippen LogP contribution >= 0.6 is 0 Å². The summed E-state index contributed by atoms with van der Waals surface area (Å²) in [7, 11) is 0. The van der Waals surface area contributed by atoms with Gasteiger partial charge >= 0.3 is 0 Å². The molecule has 1 aromatic carbocycles. The summed E-state index contributed by atoms with van der Waals surface area (Å²) in [5.74, 6) is -1.11. The Balaban J connectivity index is 2.38. The van der Waals surface area contributed by atoms with Crippen LogP contribution < -0.4 is 5.73 Å². The number of nitrogens with two attached hydrogens (primary N) is 1. The van der Waals surface area contributed by atoms with E-state index in [2.05, 4.69) is 6.92 Å². The van der Waals surface area contributed by atoms with Gasteiger partial charge in [-0.25, -0.2) is 8.78 Å². The number of rotatable bonds is 1. The van der Waals surface area contributed by atoms with Crippen LogP contribution in [0.1, 0.15) is 38.2 Å². The summed E-state index contributed by atoms with van der Waals surface area (Å²) in [6, 6.07) is 4.27. The highest BCUT2D eigenvalue weighted by Gasteiger charge is 2.35. The highest BCUT2D eigenvalue weighted by molar-refractivity contribution is 5.27. The second kappa shape index (κ2) is 4.13. The Bertz CT molecular complexity index is 392. The van der Waals surface area contributed by atoms with E-state index in [1.54, 1.807) is 6.07 Å². The molecule has 0 aliphatic heterocycles. The van der Waals surface area contributed by atoms with Gasteiger partial charge in [0.15, 0.2) is 11.6 Å².